The highest BCUT2D eigenvalue weighted by atomic mass is 16.7. The fourth-order valence-corrected chi connectivity index (χ4v) is 11.1. The molecule has 1 aliphatic carbocycles. The van der Waals surface area contributed by atoms with Crippen LogP contribution in [0.15, 0.2) is 65.8 Å². The molecular weight excluding hydrogens is 843 g/mol. The molecular formula is C53H77NO12. The van der Waals surface area contributed by atoms with Crippen molar-refractivity contribution in [3.05, 3.63) is 65.8 Å². The highest BCUT2D eigenvalue weighted by molar-refractivity contribution is 5.88. The Bertz CT molecular complexity index is 2020. The first-order chi connectivity index (χ1) is 31.5. The molecule has 3 aliphatic heterocycles. The monoisotopic (exact) mass is 920 g/mol. The van der Waals surface area contributed by atoms with Crippen molar-refractivity contribution in [3.63, 3.8) is 0 Å². The number of amides is 1. The molecule has 3 N–H and O–H groups in total. The van der Waals surface area contributed by atoms with Gasteiger partial charge in [-0.15, -0.1) is 0 Å². The Morgan fingerprint density at radius 3 is 2.26 bits per heavy atom. The number of allylic oxidation sites excluding steroid dienone is 3. The predicted octanol–water partition coefficient (Wildman–Crippen LogP) is 7.50. The molecule has 13 heteroatoms. The van der Waals surface area contributed by atoms with E-state index in [2.05, 4.69) is 31.2 Å². The second-order valence-electron chi connectivity index (χ2n) is 19.9. The molecule has 0 radical (unpaired) electrons. The van der Waals surface area contributed by atoms with E-state index in [1.54, 1.807) is 35.2 Å². The molecule has 2 aromatic carbocycles. The molecule has 3 fully saturated rings. The van der Waals surface area contributed by atoms with Gasteiger partial charge in [-0.2, -0.15) is 0 Å². The lowest BCUT2D eigenvalue weighted by Gasteiger charge is -2.49. The van der Waals surface area contributed by atoms with E-state index in [9.17, 15) is 29.7 Å². The first-order valence-corrected chi connectivity index (χ1v) is 24.4. The van der Waals surface area contributed by atoms with Crippen LogP contribution < -0.4 is 4.74 Å². The van der Waals surface area contributed by atoms with E-state index in [-0.39, 0.29) is 55.6 Å². The van der Waals surface area contributed by atoms with Crippen molar-refractivity contribution >= 4 is 28.4 Å². The van der Waals surface area contributed by atoms with Crippen molar-refractivity contribution in [1.29, 1.82) is 0 Å². The summed E-state index contributed by atoms with van der Waals surface area (Å²) in [6.45, 7) is 11.6. The molecule has 0 aromatic heterocycles. The topological polar surface area (TPSA) is 171 Å². The largest absolute Gasteiger partial charge is 0.488 e. The summed E-state index contributed by atoms with van der Waals surface area (Å²) in [6, 6.07) is 13.2. The van der Waals surface area contributed by atoms with Gasteiger partial charge in [0.25, 0.3) is 5.91 Å². The van der Waals surface area contributed by atoms with Crippen LogP contribution in [0, 0.1) is 29.6 Å². The maximum Gasteiger partial charge on any atom is 0.329 e. The van der Waals surface area contributed by atoms with Gasteiger partial charge in [0, 0.05) is 52.0 Å². The molecule has 15 atom stereocenters. The normalized spacial score (nSPS) is 38.1. The summed E-state index contributed by atoms with van der Waals surface area (Å²) >= 11 is 0. The number of carbonyl (C=O) groups is 3. The van der Waals surface area contributed by atoms with Crippen LogP contribution in [0.1, 0.15) is 112 Å². The van der Waals surface area contributed by atoms with Gasteiger partial charge in [-0.25, -0.2) is 4.79 Å². The third kappa shape index (κ3) is 11.9. The van der Waals surface area contributed by atoms with Crippen molar-refractivity contribution in [2.45, 2.75) is 173 Å². The van der Waals surface area contributed by atoms with Gasteiger partial charge >= 0.3 is 5.97 Å². The molecule has 1 amide bonds. The van der Waals surface area contributed by atoms with Crippen LogP contribution in [0.5, 0.6) is 5.75 Å². The summed E-state index contributed by atoms with van der Waals surface area (Å²) in [6.07, 6.45) is 3.11. The van der Waals surface area contributed by atoms with E-state index in [1.165, 1.54) is 4.90 Å². The molecule has 2 bridgehead atoms. The molecule has 13 nitrogen and oxygen atoms in total. The minimum Gasteiger partial charge on any atom is -0.488 e. The summed E-state index contributed by atoms with van der Waals surface area (Å²) in [4.78, 5) is 44.4. The van der Waals surface area contributed by atoms with E-state index in [4.69, 9.17) is 28.4 Å². The van der Waals surface area contributed by atoms with Crippen LogP contribution in [0.25, 0.3) is 10.8 Å². The van der Waals surface area contributed by atoms with Gasteiger partial charge < -0.3 is 48.6 Å². The molecule has 366 valence electrons. The number of cyclic esters (lactones) is 1. The molecule has 4 aliphatic rings. The number of ether oxygens (including phenoxy) is 6. The van der Waals surface area contributed by atoms with Gasteiger partial charge in [-0.05, 0) is 118 Å². The van der Waals surface area contributed by atoms with Crippen LogP contribution in [0.3, 0.4) is 0 Å². The summed E-state index contributed by atoms with van der Waals surface area (Å²) in [5.74, 6) is -4.94. The highest BCUT2D eigenvalue weighted by Gasteiger charge is 2.56. The smallest absolute Gasteiger partial charge is 0.329 e. The van der Waals surface area contributed by atoms with Crippen molar-refractivity contribution in [1.82, 2.24) is 4.90 Å². The van der Waals surface area contributed by atoms with Gasteiger partial charge in [0.2, 0.25) is 5.79 Å². The molecule has 2 saturated heterocycles. The van der Waals surface area contributed by atoms with Crippen LogP contribution in [0.2, 0.25) is 0 Å². The van der Waals surface area contributed by atoms with Gasteiger partial charge in [0.05, 0.1) is 24.4 Å². The zero-order chi connectivity index (χ0) is 47.9. The summed E-state index contributed by atoms with van der Waals surface area (Å²) in [7, 11) is 4.81. The van der Waals surface area contributed by atoms with Crippen molar-refractivity contribution in [2.24, 2.45) is 29.6 Å². The Balaban J connectivity index is 1.30. The number of carbonyl (C=O) groups excluding carboxylic acids is 3. The van der Waals surface area contributed by atoms with E-state index in [0.717, 1.165) is 34.9 Å². The number of hydrogen-bond acceptors (Lipinski definition) is 12. The summed E-state index contributed by atoms with van der Waals surface area (Å²) in [5.41, 5.74) is 1.73. The maximum atomic E-state index is 14.6. The molecule has 0 spiro atoms. The number of Topliss-reactive ketones (excluding diaryl/α,β-unsaturated/α-hetero) is 1. The lowest BCUT2D eigenvalue weighted by molar-refractivity contribution is -0.346. The molecule has 15 unspecified atom stereocenters. The minimum atomic E-state index is -2.31. The van der Waals surface area contributed by atoms with Crippen molar-refractivity contribution < 1.29 is 58.1 Å². The number of piperidine rings is 1. The maximum absolute atomic E-state index is 14.6. The van der Waals surface area contributed by atoms with Gasteiger partial charge in [-0.1, -0.05) is 75.8 Å². The number of benzene rings is 2. The summed E-state index contributed by atoms with van der Waals surface area (Å²) < 4.78 is 37.2. The zero-order valence-electron chi connectivity index (χ0n) is 40.7. The number of aliphatic hydroxyl groups is 3. The second kappa shape index (κ2) is 23.1. The second-order valence-corrected chi connectivity index (χ2v) is 19.9. The number of fused-ring (bicyclic) bond motifs is 4. The average molecular weight is 920 g/mol. The first kappa shape index (κ1) is 51.7. The van der Waals surface area contributed by atoms with Gasteiger partial charge in [0.1, 0.15) is 35.9 Å². The van der Waals surface area contributed by atoms with E-state index >= 15 is 0 Å². The van der Waals surface area contributed by atoms with E-state index < -0.39 is 78.1 Å². The fraction of sp³-hybridized carbons (Fsp3) is 0.679. The third-order valence-electron chi connectivity index (χ3n) is 15.1. The van der Waals surface area contributed by atoms with Crippen LogP contribution in [-0.2, 0) is 38.1 Å². The Kier molecular flexibility index (Phi) is 18.1. The molecule has 2 aromatic rings. The van der Waals surface area contributed by atoms with Crippen LogP contribution in [0.4, 0.5) is 0 Å². The lowest BCUT2D eigenvalue weighted by Crippen LogP contribution is -2.66. The summed E-state index contributed by atoms with van der Waals surface area (Å²) in [5, 5.41) is 38.2. The standard InChI is InChI=1S/C53H77NO12/c1-10-37-24-31(2)23-32(3)25-46(62-8)49-47(63-9)27-34(5)53(60,66-49)50(57)51(58)54-22-14-13-17-41(54)52(59)65-48(35(6)42(55)30-43(37)56)33(4)26-36-18-21-44(45(28-36)61-7)64-40-20-19-38-15-11-12-16-39(38)29-40/h11-12,15-16,19-20,24,26,29,32,34-37,41-42,44-50,55,57,60H,10,13-14,17-18,21-23,25,27-28,30H2,1-9H3/b31-24+,33-26?. The Hall–Kier alpha value is -3.69. The molecule has 6 rings (SSSR count). The van der Waals surface area contributed by atoms with Crippen LogP contribution in [-0.4, -0.2) is 126 Å². The quantitative estimate of drug-likeness (QED) is 0.176. The highest BCUT2D eigenvalue weighted by Crippen LogP contribution is 2.41. The number of aliphatic hydroxyl groups excluding tert-OH is 2. The number of hydrogen-bond donors (Lipinski definition) is 3. The van der Waals surface area contributed by atoms with Gasteiger partial charge in [-0.3, -0.25) is 9.59 Å². The molecule has 66 heavy (non-hydrogen) atoms. The predicted molar refractivity (Wildman–Crippen MR) is 251 cm³/mol. The molecule has 3 heterocycles. The van der Waals surface area contributed by atoms with Crippen molar-refractivity contribution in [2.75, 3.05) is 27.9 Å². The Labute approximate surface area is 392 Å². The van der Waals surface area contributed by atoms with E-state index in [0.29, 0.717) is 44.1 Å². The van der Waals surface area contributed by atoms with Crippen molar-refractivity contribution in [3.8, 4) is 5.75 Å². The fourth-order valence-electron chi connectivity index (χ4n) is 11.1. The van der Waals surface area contributed by atoms with Gasteiger partial charge in [0.15, 0.2) is 6.10 Å². The third-order valence-corrected chi connectivity index (χ3v) is 15.1. The van der Waals surface area contributed by atoms with Crippen LogP contribution >= 0.6 is 0 Å². The Morgan fingerprint density at radius 2 is 1.56 bits per heavy atom. The Morgan fingerprint density at radius 1 is 0.864 bits per heavy atom. The molecule has 1 saturated carbocycles. The lowest BCUT2D eigenvalue weighted by atomic mass is 9.81. The first-order valence-electron chi connectivity index (χ1n) is 24.4. The number of nitrogens with zero attached hydrogens (tertiary/aromatic N) is 1. The number of ketones is 1. The number of methoxy groups -OCH3 is 3. The number of rotatable bonds is 8. The zero-order valence-corrected chi connectivity index (χ0v) is 40.7. The van der Waals surface area contributed by atoms with E-state index in [1.807, 2.05) is 51.1 Å². The number of esters is 1. The minimum absolute atomic E-state index is 0.0292. The SMILES string of the molecule is CCC1/C=C(\C)CC(C)CC(OC)C2OC(O)(C(C)CC2OC)C(O)C(=O)N2CCCCC2C(=O)OC(C(C)=CC2CCC(Oc3ccc4ccccc4c3)C(OC)C2)C(C)C(O)CC1=O. The average Bonchev–Trinajstić information content (AvgIpc) is 3.31.